The van der Waals surface area contributed by atoms with Crippen LogP contribution in [0.3, 0.4) is 0 Å². The predicted molar refractivity (Wildman–Crippen MR) is 136 cm³/mol. The summed E-state index contributed by atoms with van der Waals surface area (Å²) in [7, 11) is 1.62. The van der Waals surface area contributed by atoms with Crippen LogP contribution in [0.4, 0.5) is 0 Å². The van der Waals surface area contributed by atoms with E-state index in [4.69, 9.17) is 15.1 Å². The Balaban J connectivity index is 1.83. The van der Waals surface area contributed by atoms with Gasteiger partial charge in [-0.05, 0) is 55.2 Å². The Morgan fingerprint density at radius 1 is 1.14 bits per heavy atom. The number of ether oxygens (including phenoxy) is 1. The summed E-state index contributed by atoms with van der Waals surface area (Å²) in [5, 5.41) is 12.1. The Bertz CT molecular complexity index is 1490. The molecule has 0 radical (unpaired) electrons. The zero-order valence-corrected chi connectivity index (χ0v) is 20.4. The van der Waals surface area contributed by atoms with Crippen LogP contribution >= 0.6 is 0 Å². The molecule has 4 rings (SSSR count). The largest absolute Gasteiger partial charge is 0.497 e. The van der Waals surface area contributed by atoms with Crippen molar-refractivity contribution in [2.24, 2.45) is 0 Å². The van der Waals surface area contributed by atoms with Gasteiger partial charge < -0.3 is 14.6 Å². The predicted octanol–water partition coefficient (Wildman–Crippen LogP) is 3.61. The number of hydrogen-bond donors (Lipinski definition) is 2. The molecule has 1 aromatic carbocycles. The quantitative estimate of drug-likeness (QED) is 0.286. The SMILES string of the molecule is CCCCCNC(=O)c1cc2c(=O)n3cccc(C)c3nc2n(CCc2ccc(OC)cc2)c1=N. The molecule has 0 aliphatic heterocycles. The van der Waals surface area contributed by atoms with Crippen LogP contribution in [0.2, 0.25) is 0 Å². The Kier molecular flexibility index (Phi) is 7.29. The fourth-order valence-electron chi connectivity index (χ4n) is 4.19. The maximum atomic E-state index is 13.4. The standard InChI is InChI=1S/C27H31N5O3/c1-4-5-6-14-29-26(33)21-17-22-25(30-24-18(2)8-7-15-32(24)27(22)34)31(23(21)28)16-13-19-9-11-20(35-3)12-10-19/h7-12,15,17,28H,4-6,13-14,16H2,1-3H3,(H,29,33). The van der Waals surface area contributed by atoms with Crippen molar-refractivity contribution < 1.29 is 9.53 Å². The molecule has 0 saturated heterocycles. The summed E-state index contributed by atoms with van der Waals surface area (Å²) >= 11 is 0. The van der Waals surface area contributed by atoms with E-state index in [1.165, 1.54) is 10.5 Å². The van der Waals surface area contributed by atoms with Crippen LogP contribution in [0.15, 0.2) is 53.5 Å². The highest BCUT2D eigenvalue weighted by Crippen LogP contribution is 2.15. The van der Waals surface area contributed by atoms with Crippen LogP contribution in [0.5, 0.6) is 5.75 Å². The summed E-state index contributed by atoms with van der Waals surface area (Å²) in [5.74, 6) is 0.423. The summed E-state index contributed by atoms with van der Waals surface area (Å²) in [4.78, 5) is 31.2. The van der Waals surface area contributed by atoms with Gasteiger partial charge in [0, 0.05) is 19.3 Å². The van der Waals surface area contributed by atoms with E-state index in [1.54, 1.807) is 23.9 Å². The highest BCUT2D eigenvalue weighted by atomic mass is 16.5. The number of carbonyl (C=O) groups is 1. The second-order valence-corrected chi connectivity index (χ2v) is 8.66. The summed E-state index contributed by atoms with van der Waals surface area (Å²) in [6.45, 7) is 4.93. The number of benzene rings is 1. The van der Waals surface area contributed by atoms with Crippen LogP contribution in [0.25, 0.3) is 16.7 Å². The normalized spacial score (nSPS) is 11.2. The summed E-state index contributed by atoms with van der Waals surface area (Å²) in [5.41, 5.74) is 2.82. The third-order valence-electron chi connectivity index (χ3n) is 6.23. The van der Waals surface area contributed by atoms with Crippen LogP contribution in [-0.4, -0.2) is 33.5 Å². The molecular weight excluding hydrogens is 442 g/mol. The number of methoxy groups -OCH3 is 1. The Morgan fingerprint density at radius 3 is 2.63 bits per heavy atom. The molecule has 8 nitrogen and oxygen atoms in total. The second kappa shape index (κ2) is 10.5. The maximum absolute atomic E-state index is 13.4. The van der Waals surface area contributed by atoms with Crippen molar-refractivity contribution in [2.75, 3.05) is 13.7 Å². The van der Waals surface area contributed by atoms with Gasteiger partial charge in [0.15, 0.2) is 0 Å². The molecule has 0 aliphatic rings. The third-order valence-corrected chi connectivity index (χ3v) is 6.23. The van der Waals surface area contributed by atoms with Crippen molar-refractivity contribution >= 4 is 22.6 Å². The van der Waals surface area contributed by atoms with E-state index in [0.717, 1.165) is 36.1 Å². The first-order valence-corrected chi connectivity index (χ1v) is 12.0. The van der Waals surface area contributed by atoms with Crippen LogP contribution in [0, 0.1) is 12.3 Å². The summed E-state index contributed by atoms with van der Waals surface area (Å²) in [6.07, 6.45) is 5.22. The number of rotatable bonds is 9. The van der Waals surface area contributed by atoms with Gasteiger partial charge in [0.2, 0.25) is 0 Å². The van der Waals surface area contributed by atoms with Gasteiger partial charge in [-0.1, -0.05) is 38.0 Å². The zero-order valence-electron chi connectivity index (χ0n) is 20.4. The van der Waals surface area contributed by atoms with Gasteiger partial charge in [-0.15, -0.1) is 0 Å². The van der Waals surface area contributed by atoms with Gasteiger partial charge in [-0.2, -0.15) is 0 Å². The molecule has 0 atom stereocenters. The second-order valence-electron chi connectivity index (χ2n) is 8.66. The first-order chi connectivity index (χ1) is 16.9. The fourth-order valence-corrected chi connectivity index (χ4v) is 4.19. The first-order valence-electron chi connectivity index (χ1n) is 12.0. The first kappa shape index (κ1) is 24.2. The van der Waals surface area contributed by atoms with Gasteiger partial charge in [0.25, 0.3) is 11.5 Å². The third kappa shape index (κ3) is 4.96. The number of aromatic nitrogens is 3. The van der Waals surface area contributed by atoms with E-state index in [0.29, 0.717) is 36.2 Å². The monoisotopic (exact) mass is 473 g/mol. The van der Waals surface area contributed by atoms with Crippen molar-refractivity contribution in [3.8, 4) is 5.75 Å². The lowest BCUT2D eigenvalue weighted by molar-refractivity contribution is 0.0950. The Labute approximate surface area is 203 Å². The molecule has 3 aromatic heterocycles. The number of fused-ring (bicyclic) bond motifs is 2. The number of carbonyl (C=O) groups excluding carboxylic acids is 1. The van der Waals surface area contributed by atoms with Crippen molar-refractivity contribution in [3.63, 3.8) is 0 Å². The van der Waals surface area contributed by atoms with Crippen molar-refractivity contribution in [1.29, 1.82) is 5.41 Å². The van der Waals surface area contributed by atoms with E-state index >= 15 is 0 Å². The molecular formula is C27H31N5O3. The van der Waals surface area contributed by atoms with E-state index < -0.39 is 0 Å². The maximum Gasteiger partial charge on any atom is 0.267 e. The van der Waals surface area contributed by atoms with E-state index in [-0.39, 0.29) is 22.5 Å². The highest BCUT2D eigenvalue weighted by molar-refractivity contribution is 5.96. The number of pyridine rings is 2. The number of aryl methyl sites for hydroxylation is 3. The lowest BCUT2D eigenvalue weighted by atomic mass is 10.1. The molecule has 1 amide bonds. The van der Waals surface area contributed by atoms with Gasteiger partial charge in [-0.25, -0.2) is 4.98 Å². The highest BCUT2D eigenvalue weighted by Gasteiger charge is 2.18. The number of unbranched alkanes of at least 4 members (excludes halogenated alkanes) is 2. The summed E-state index contributed by atoms with van der Waals surface area (Å²) in [6, 6.07) is 12.9. The molecule has 2 N–H and O–H groups in total. The number of amides is 1. The lowest BCUT2D eigenvalue weighted by Gasteiger charge is -2.15. The molecule has 35 heavy (non-hydrogen) atoms. The van der Waals surface area contributed by atoms with Gasteiger partial charge in [0.05, 0.1) is 18.1 Å². The Hall–Kier alpha value is -3.94. The lowest BCUT2D eigenvalue weighted by Crippen LogP contribution is -2.35. The number of nitrogens with zero attached hydrogens (tertiary/aromatic N) is 3. The van der Waals surface area contributed by atoms with Gasteiger partial charge >= 0.3 is 0 Å². The molecule has 0 unspecified atom stereocenters. The molecule has 8 heteroatoms. The average Bonchev–Trinajstić information content (AvgIpc) is 2.87. The minimum absolute atomic E-state index is 0.0452. The zero-order chi connectivity index (χ0) is 24.9. The Morgan fingerprint density at radius 2 is 1.91 bits per heavy atom. The van der Waals surface area contributed by atoms with E-state index in [9.17, 15) is 9.59 Å². The smallest absolute Gasteiger partial charge is 0.267 e. The fraction of sp³-hybridized carbons (Fsp3) is 0.333. The molecule has 182 valence electrons. The number of nitrogens with one attached hydrogen (secondary N) is 2. The van der Waals surface area contributed by atoms with Gasteiger partial charge in [-0.3, -0.25) is 19.4 Å². The minimum Gasteiger partial charge on any atom is -0.497 e. The summed E-state index contributed by atoms with van der Waals surface area (Å²) < 4.78 is 8.41. The molecule has 0 saturated carbocycles. The van der Waals surface area contributed by atoms with Crippen LogP contribution < -0.4 is 21.1 Å². The minimum atomic E-state index is -0.347. The topological polar surface area (TPSA) is 101 Å². The number of hydrogen-bond acceptors (Lipinski definition) is 5. The molecule has 0 bridgehead atoms. The van der Waals surface area contributed by atoms with E-state index in [1.807, 2.05) is 37.3 Å². The molecule has 4 aromatic rings. The molecule has 3 heterocycles. The van der Waals surface area contributed by atoms with Gasteiger partial charge in [0.1, 0.15) is 22.5 Å². The molecule has 0 spiro atoms. The average molecular weight is 474 g/mol. The van der Waals surface area contributed by atoms with Crippen LogP contribution in [0.1, 0.15) is 47.7 Å². The van der Waals surface area contributed by atoms with E-state index in [2.05, 4.69) is 12.2 Å². The molecule has 0 fully saturated rings. The van der Waals surface area contributed by atoms with Crippen molar-refractivity contribution in [3.05, 3.63) is 81.2 Å². The van der Waals surface area contributed by atoms with Crippen molar-refractivity contribution in [2.45, 2.75) is 46.1 Å². The van der Waals surface area contributed by atoms with Crippen molar-refractivity contribution in [1.82, 2.24) is 19.3 Å². The molecule has 0 aliphatic carbocycles. The van der Waals surface area contributed by atoms with Crippen LogP contribution in [-0.2, 0) is 13.0 Å².